The first-order chi connectivity index (χ1) is 7.10. The quantitative estimate of drug-likeness (QED) is 0.791. The normalized spacial score (nSPS) is 12.6. The minimum atomic E-state index is -0.0839. The van der Waals surface area contributed by atoms with E-state index in [1.165, 1.54) is 0 Å². The molecule has 1 aromatic carbocycles. The molecule has 1 rings (SSSR count). The lowest BCUT2D eigenvalue weighted by molar-refractivity contribution is 0.337. The van der Waals surface area contributed by atoms with Crippen molar-refractivity contribution < 1.29 is 4.74 Å². The van der Waals surface area contributed by atoms with E-state index >= 15 is 0 Å². The highest BCUT2D eigenvalue weighted by Gasteiger charge is 2.10. The van der Waals surface area contributed by atoms with Gasteiger partial charge in [0.2, 0.25) is 0 Å². The van der Waals surface area contributed by atoms with E-state index in [1.807, 2.05) is 26.8 Å². The van der Waals surface area contributed by atoms with Crippen molar-refractivity contribution in [3.05, 3.63) is 28.8 Å². The van der Waals surface area contributed by atoms with Gasteiger partial charge in [0.1, 0.15) is 5.75 Å². The lowest BCUT2D eigenvalue weighted by atomic mass is 9.99. The van der Waals surface area contributed by atoms with Crippen LogP contribution in [0.25, 0.3) is 0 Å². The van der Waals surface area contributed by atoms with Crippen molar-refractivity contribution in [1.29, 1.82) is 0 Å². The average molecular weight is 208 g/mol. The molecule has 0 aliphatic carbocycles. The fourth-order valence-corrected chi connectivity index (χ4v) is 1.65. The maximum Gasteiger partial charge on any atom is 0.122 e. The minimum absolute atomic E-state index is 0.0839. The van der Waals surface area contributed by atoms with Gasteiger partial charge in [-0.25, -0.2) is 0 Å². The van der Waals surface area contributed by atoms with E-state index in [0.29, 0.717) is 13.2 Å². The molecule has 0 aliphatic rings. The lowest BCUT2D eigenvalue weighted by Crippen LogP contribution is -2.21. The van der Waals surface area contributed by atoms with Gasteiger partial charge in [-0.3, -0.25) is 0 Å². The van der Waals surface area contributed by atoms with Gasteiger partial charge in [-0.2, -0.15) is 0 Å². The van der Waals surface area contributed by atoms with Crippen molar-refractivity contribution in [2.75, 3.05) is 13.2 Å². The second kappa shape index (κ2) is 5.14. The highest BCUT2D eigenvalue weighted by molar-refractivity contribution is 5.42. The van der Waals surface area contributed by atoms with Gasteiger partial charge in [0.05, 0.1) is 6.61 Å². The van der Waals surface area contributed by atoms with Gasteiger partial charge in [0.25, 0.3) is 0 Å². The van der Waals surface area contributed by atoms with Crippen molar-refractivity contribution in [2.24, 2.45) is 11.5 Å². The smallest absolute Gasteiger partial charge is 0.122 e. The Kier molecular flexibility index (Phi) is 4.12. The highest BCUT2D eigenvalue weighted by atomic mass is 16.5. The van der Waals surface area contributed by atoms with E-state index in [0.717, 1.165) is 22.4 Å². The summed E-state index contributed by atoms with van der Waals surface area (Å²) in [5.41, 5.74) is 14.8. The molecule has 0 saturated heterocycles. The standard InChI is InChI=1S/C12H20N2O/c1-4-15-12-6-8(2)10(5-9(12)3)11(14)7-13/h5-6,11H,4,7,13-14H2,1-3H3. The molecule has 1 atom stereocenters. The summed E-state index contributed by atoms with van der Waals surface area (Å²) in [6, 6.07) is 4.01. The zero-order chi connectivity index (χ0) is 11.4. The molecule has 3 nitrogen and oxygen atoms in total. The Balaban J connectivity index is 3.07. The lowest BCUT2D eigenvalue weighted by Gasteiger charge is -2.16. The van der Waals surface area contributed by atoms with Crippen LogP contribution in [0.2, 0.25) is 0 Å². The number of rotatable bonds is 4. The van der Waals surface area contributed by atoms with Crippen LogP contribution in [-0.2, 0) is 0 Å². The Morgan fingerprint density at radius 2 is 1.93 bits per heavy atom. The molecular weight excluding hydrogens is 188 g/mol. The van der Waals surface area contributed by atoms with Gasteiger partial charge in [-0.15, -0.1) is 0 Å². The predicted molar refractivity (Wildman–Crippen MR) is 63.1 cm³/mol. The molecule has 4 N–H and O–H groups in total. The molecule has 0 amide bonds. The van der Waals surface area contributed by atoms with Crippen LogP contribution in [0.4, 0.5) is 0 Å². The van der Waals surface area contributed by atoms with Gasteiger partial charge in [-0.05, 0) is 43.5 Å². The number of hydrogen-bond donors (Lipinski definition) is 2. The van der Waals surface area contributed by atoms with E-state index in [4.69, 9.17) is 16.2 Å². The summed E-state index contributed by atoms with van der Waals surface area (Å²) in [5, 5.41) is 0. The fraction of sp³-hybridized carbons (Fsp3) is 0.500. The first kappa shape index (κ1) is 12.0. The number of ether oxygens (including phenoxy) is 1. The molecule has 1 unspecified atom stereocenters. The van der Waals surface area contributed by atoms with Crippen molar-refractivity contribution >= 4 is 0 Å². The minimum Gasteiger partial charge on any atom is -0.494 e. The molecule has 1 aromatic rings. The van der Waals surface area contributed by atoms with Crippen molar-refractivity contribution in [3.63, 3.8) is 0 Å². The molecule has 0 heterocycles. The second-order valence-electron chi connectivity index (χ2n) is 3.75. The van der Waals surface area contributed by atoms with Crippen molar-refractivity contribution in [3.8, 4) is 5.75 Å². The summed E-state index contributed by atoms with van der Waals surface area (Å²) in [5.74, 6) is 0.933. The third-order valence-electron chi connectivity index (χ3n) is 2.52. The third kappa shape index (κ3) is 2.70. The maximum absolute atomic E-state index is 5.92. The number of nitrogens with two attached hydrogens (primary N) is 2. The molecule has 0 saturated carbocycles. The zero-order valence-corrected chi connectivity index (χ0v) is 9.71. The Labute approximate surface area is 91.4 Å². The molecular formula is C12H20N2O. The summed E-state index contributed by atoms with van der Waals surface area (Å²) in [4.78, 5) is 0. The third-order valence-corrected chi connectivity index (χ3v) is 2.52. The van der Waals surface area contributed by atoms with E-state index in [9.17, 15) is 0 Å². The summed E-state index contributed by atoms with van der Waals surface area (Å²) in [6.07, 6.45) is 0. The van der Waals surface area contributed by atoms with E-state index < -0.39 is 0 Å². The monoisotopic (exact) mass is 208 g/mol. The molecule has 0 radical (unpaired) electrons. The van der Waals surface area contributed by atoms with Crippen LogP contribution in [0.3, 0.4) is 0 Å². The van der Waals surface area contributed by atoms with Crippen LogP contribution >= 0.6 is 0 Å². The number of benzene rings is 1. The van der Waals surface area contributed by atoms with Crippen LogP contribution in [-0.4, -0.2) is 13.2 Å². The maximum atomic E-state index is 5.92. The largest absolute Gasteiger partial charge is 0.494 e. The van der Waals surface area contributed by atoms with Crippen molar-refractivity contribution in [2.45, 2.75) is 26.8 Å². The molecule has 84 valence electrons. The fourth-order valence-electron chi connectivity index (χ4n) is 1.65. The zero-order valence-electron chi connectivity index (χ0n) is 9.71. The van der Waals surface area contributed by atoms with E-state index in [1.54, 1.807) is 0 Å². The first-order valence-corrected chi connectivity index (χ1v) is 5.29. The van der Waals surface area contributed by atoms with Crippen LogP contribution in [0, 0.1) is 13.8 Å². The first-order valence-electron chi connectivity index (χ1n) is 5.29. The highest BCUT2D eigenvalue weighted by Crippen LogP contribution is 2.25. The summed E-state index contributed by atoms with van der Waals surface area (Å²) in [6.45, 7) is 7.19. The molecule has 0 bridgehead atoms. The van der Waals surface area contributed by atoms with E-state index in [-0.39, 0.29) is 6.04 Å². The molecule has 0 aliphatic heterocycles. The molecule has 3 heteroatoms. The van der Waals surface area contributed by atoms with E-state index in [2.05, 4.69) is 6.07 Å². The molecule has 0 fully saturated rings. The van der Waals surface area contributed by atoms with Gasteiger partial charge in [-0.1, -0.05) is 6.07 Å². The molecule has 0 aromatic heterocycles. The summed E-state index contributed by atoms with van der Waals surface area (Å²) in [7, 11) is 0. The number of aryl methyl sites for hydroxylation is 2. The molecule has 15 heavy (non-hydrogen) atoms. The van der Waals surface area contributed by atoms with Crippen LogP contribution < -0.4 is 16.2 Å². The topological polar surface area (TPSA) is 61.3 Å². The van der Waals surface area contributed by atoms with Gasteiger partial charge >= 0.3 is 0 Å². The Bertz CT molecular complexity index is 337. The van der Waals surface area contributed by atoms with Crippen LogP contribution in [0.15, 0.2) is 12.1 Å². The van der Waals surface area contributed by atoms with Crippen LogP contribution in [0.1, 0.15) is 29.7 Å². The Morgan fingerprint density at radius 1 is 1.27 bits per heavy atom. The molecule has 0 spiro atoms. The van der Waals surface area contributed by atoms with Gasteiger partial charge in [0, 0.05) is 12.6 Å². The van der Waals surface area contributed by atoms with Gasteiger partial charge < -0.3 is 16.2 Å². The average Bonchev–Trinajstić information content (AvgIpc) is 2.22. The predicted octanol–water partition coefficient (Wildman–Crippen LogP) is 1.66. The van der Waals surface area contributed by atoms with Crippen molar-refractivity contribution in [1.82, 2.24) is 0 Å². The summed E-state index contributed by atoms with van der Waals surface area (Å²) < 4.78 is 5.51. The van der Waals surface area contributed by atoms with Gasteiger partial charge in [0.15, 0.2) is 0 Å². The summed E-state index contributed by atoms with van der Waals surface area (Å²) >= 11 is 0. The number of hydrogen-bond acceptors (Lipinski definition) is 3. The van der Waals surface area contributed by atoms with Crippen LogP contribution in [0.5, 0.6) is 5.75 Å². The Morgan fingerprint density at radius 3 is 2.47 bits per heavy atom. The Hall–Kier alpha value is -1.06. The SMILES string of the molecule is CCOc1cc(C)c(C(N)CN)cc1C. The second-order valence-corrected chi connectivity index (χ2v) is 3.75.